The number of ketones is 1. The van der Waals surface area contributed by atoms with Gasteiger partial charge in [0.05, 0.1) is 10.7 Å². The van der Waals surface area contributed by atoms with Crippen LogP contribution >= 0.6 is 11.6 Å². The highest BCUT2D eigenvalue weighted by Gasteiger charge is 2.06. The first-order chi connectivity index (χ1) is 12.0. The molecule has 126 valence electrons. The van der Waals surface area contributed by atoms with Crippen molar-refractivity contribution in [3.63, 3.8) is 0 Å². The number of carbonyl (C=O) groups is 1. The number of carbonyl (C=O) groups excluding carboxylic acids is 1. The van der Waals surface area contributed by atoms with Gasteiger partial charge in [-0.05, 0) is 50.2 Å². The van der Waals surface area contributed by atoms with Gasteiger partial charge in [-0.1, -0.05) is 23.7 Å². The van der Waals surface area contributed by atoms with Gasteiger partial charge in [0.1, 0.15) is 5.82 Å². The fourth-order valence-electron chi connectivity index (χ4n) is 2.31. The van der Waals surface area contributed by atoms with Crippen molar-refractivity contribution in [2.24, 2.45) is 0 Å². The highest BCUT2D eigenvalue weighted by atomic mass is 35.5. The van der Waals surface area contributed by atoms with E-state index in [1.807, 2.05) is 49.4 Å². The Morgan fingerprint density at radius 1 is 1.00 bits per heavy atom. The zero-order valence-corrected chi connectivity index (χ0v) is 14.6. The first-order valence-corrected chi connectivity index (χ1v) is 8.14. The summed E-state index contributed by atoms with van der Waals surface area (Å²) >= 11 is 6.17. The number of aromatic nitrogens is 2. The van der Waals surface area contributed by atoms with Gasteiger partial charge in [-0.15, -0.1) is 0 Å². The van der Waals surface area contributed by atoms with Gasteiger partial charge in [-0.3, -0.25) is 4.79 Å². The lowest BCUT2D eigenvalue weighted by atomic mass is 10.1. The number of nitrogens with one attached hydrogen (secondary N) is 2. The SMILES string of the molecule is CC(=O)c1ccc(Nc2nc(C)cc(Nc3ccccc3Cl)n2)cc1. The van der Waals surface area contributed by atoms with Gasteiger partial charge < -0.3 is 10.6 Å². The Morgan fingerprint density at radius 2 is 1.72 bits per heavy atom. The molecule has 3 aromatic rings. The van der Waals surface area contributed by atoms with E-state index in [1.165, 1.54) is 0 Å². The van der Waals surface area contributed by atoms with E-state index >= 15 is 0 Å². The first kappa shape index (κ1) is 16.9. The standard InChI is InChI=1S/C19H17ClN4O/c1-12-11-18(23-17-6-4-3-5-16(17)20)24-19(21-12)22-15-9-7-14(8-10-15)13(2)25/h3-11H,1-2H3,(H2,21,22,23,24). The van der Waals surface area contributed by atoms with Crippen LogP contribution in [0.2, 0.25) is 5.02 Å². The summed E-state index contributed by atoms with van der Waals surface area (Å²) in [5.74, 6) is 1.14. The van der Waals surface area contributed by atoms with E-state index in [4.69, 9.17) is 11.6 Å². The van der Waals surface area contributed by atoms with Gasteiger partial charge in [-0.2, -0.15) is 4.98 Å². The number of halogens is 1. The second-order valence-electron chi connectivity index (χ2n) is 5.58. The van der Waals surface area contributed by atoms with Crippen LogP contribution < -0.4 is 10.6 Å². The molecule has 0 unspecified atom stereocenters. The maximum absolute atomic E-state index is 11.3. The Hall–Kier alpha value is -2.92. The molecule has 1 aromatic heterocycles. The molecule has 0 aliphatic carbocycles. The fraction of sp³-hybridized carbons (Fsp3) is 0.105. The molecule has 0 fully saturated rings. The number of anilines is 4. The molecule has 0 saturated heterocycles. The summed E-state index contributed by atoms with van der Waals surface area (Å²) in [6.45, 7) is 3.43. The summed E-state index contributed by atoms with van der Waals surface area (Å²) in [6, 6.07) is 16.5. The van der Waals surface area contributed by atoms with Gasteiger partial charge >= 0.3 is 0 Å². The van der Waals surface area contributed by atoms with Crippen molar-refractivity contribution < 1.29 is 4.79 Å². The van der Waals surface area contributed by atoms with Gasteiger partial charge in [0, 0.05) is 23.0 Å². The molecule has 1 heterocycles. The van der Waals surface area contributed by atoms with E-state index in [9.17, 15) is 4.79 Å². The Labute approximate surface area is 151 Å². The average Bonchev–Trinajstić information content (AvgIpc) is 2.57. The number of Topliss-reactive ketones (excluding diaryl/α,β-unsaturated/α-hetero) is 1. The molecule has 0 aliphatic heterocycles. The van der Waals surface area contributed by atoms with Crippen molar-refractivity contribution in [2.75, 3.05) is 10.6 Å². The van der Waals surface area contributed by atoms with Crippen LogP contribution in [-0.2, 0) is 0 Å². The lowest BCUT2D eigenvalue weighted by Crippen LogP contribution is -2.03. The molecule has 25 heavy (non-hydrogen) atoms. The Bertz CT molecular complexity index is 910. The van der Waals surface area contributed by atoms with E-state index in [-0.39, 0.29) is 5.78 Å². The molecule has 6 heteroatoms. The lowest BCUT2D eigenvalue weighted by Gasteiger charge is -2.11. The molecule has 0 radical (unpaired) electrons. The summed E-state index contributed by atoms with van der Waals surface area (Å²) in [7, 11) is 0. The summed E-state index contributed by atoms with van der Waals surface area (Å²) in [5, 5.41) is 6.96. The van der Waals surface area contributed by atoms with Crippen LogP contribution in [-0.4, -0.2) is 15.8 Å². The van der Waals surface area contributed by atoms with Crippen molar-refractivity contribution in [1.82, 2.24) is 9.97 Å². The third-order valence-corrected chi connectivity index (χ3v) is 3.87. The average molecular weight is 353 g/mol. The zero-order chi connectivity index (χ0) is 17.8. The summed E-state index contributed by atoms with van der Waals surface area (Å²) in [4.78, 5) is 20.2. The minimum Gasteiger partial charge on any atom is -0.339 e. The molecule has 2 aromatic carbocycles. The number of para-hydroxylation sites is 1. The van der Waals surface area contributed by atoms with Crippen LogP contribution in [0.3, 0.4) is 0 Å². The highest BCUT2D eigenvalue weighted by Crippen LogP contribution is 2.25. The molecule has 0 spiro atoms. The number of benzene rings is 2. The van der Waals surface area contributed by atoms with Crippen molar-refractivity contribution in [3.8, 4) is 0 Å². The van der Waals surface area contributed by atoms with E-state index in [1.54, 1.807) is 19.1 Å². The van der Waals surface area contributed by atoms with Gasteiger partial charge in [0.15, 0.2) is 5.78 Å². The third-order valence-electron chi connectivity index (χ3n) is 3.54. The van der Waals surface area contributed by atoms with Crippen LogP contribution in [0.1, 0.15) is 23.0 Å². The summed E-state index contributed by atoms with van der Waals surface area (Å²) in [6.07, 6.45) is 0. The van der Waals surface area contributed by atoms with E-state index in [0.717, 1.165) is 17.1 Å². The molecule has 0 bridgehead atoms. The molecule has 0 amide bonds. The molecular formula is C19H17ClN4O. The Morgan fingerprint density at radius 3 is 2.40 bits per heavy atom. The van der Waals surface area contributed by atoms with Gasteiger partial charge in [-0.25, -0.2) is 4.98 Å². The molecule has 0 saturated carbocycles. The summed E-state index contributed by atoms with van der Waals surface area (Å²) < 4.78 is 0. The Balaban J connectivity index is 1.81. The van der Waals surface area contributed by atoms with Crippen molar-refractivity contribution >= 4 is 40.5 Å². The molecule has 3 rings (SSSR count). The van der Waals surface area contributed by atoms with Crippen LogP contribution in [0.4, 0.5) is 23.1 Å². The normalized spacial score (nSPS) is 10.4. The second kappa shape index (κ2) is 7.32. The Kier molecular flexibility index (Phi) is 4.95. The number of nitrogens with zero attached hydrogens (tertiary/aromatic N) is 2. The molecule has 5 nitrogen and oxygen atoms in total. The zero-order valence-electron chi connectivity index (χ0n) is 13.9. The molecular weight excluding hydrogens is 336 g/mol. The number of aryl methyl sites for hydroxylation is 1. The van der Waals surface area contributed by atoms with E-state index in [2.05, 4.69) is 20.6 Å². The van der Waals surface area contributed by atoms with E-state index < -0.39 is 0 Å². The number of hydrogen-bond donors (Lipinski definition) is 2. The van der Waals surface area contributed by atoms with E-state index in [0.29, 0.717) is 22.4 Å². The predicted molar refractivity (Wildman–Crippen MR) is 101 cm³/mol. The van der Waals surface area contributed by atoms with Gasteiger partial charge in [0.25, 0.3) is 0 Å². The molecule has 0 aliphatic rings. The molecule has 2 N–H and O–H groups in total. The molecule has 0 atom stereocenters. The highest BCUT2D eigenvalue weighted by molar-refractivity contribution is 6.33. The summed E-state index contributed by atoms with van der Waals surface area (Å²) in [5.41, 5.74) is 3.06. The largest absolute Gasteiger partial charge is 0.339 e. The predicted octanol–water partition coefficient (Wildman–Crippen LogP) is 5.13. The first-order valence-electron chi connectivity index (χ1n) is 7.76. The topological polar surface area (TPSA) is 66.9 Å². The lowest BCUT2D eigenvalue weighted by molar-refractivity contribution is 0.101. The van der Waals surface area contributed by atoms with Gasteiger partial charge in [0.2, 0.25) is 5.95 Å². The third kappa shape index (κ3) is 4.33. The smallest absolute Gasteiger partial charge is 0.229 e. The van der Waals surface area contributed by atoms with Crippen LogP contribution in [0, 0.1) is 6.92 Å². The fourth-order valence-corrected chi connectivity index (χ4v) is 2.49. The maximum atomic E-state index is 11.3. The van der Waals surface area contributed by atoms with Crippen LogP contribution in [0.25, 0.3) is 0 Å². The van der Waals surface area contributed by atoms with Crippen molar-refractivity contribution in [2.45, 2.75) is 13.8 Å². The minimum atomic E-state index is 0.0320. The van der Waals surface area contributed by atoms with Crippen molar-refractivity contribution in [3.05, 3.63) is 70.9 Å². The quantitative estimate of drug-likeness (QED) is 0.623. The monoisotopic (exact) mass is 352 g/mol. The number of hydrogen-bond acceptors (Lipinski definition) is 5. The van der Waals surface area contributed by atoms with Crippen LogP contribution in [0.5, 0.6) is 0 Å². The number of rotatable bonds is 5. The second-order valence-corrected chi connectivity index (χ2v) is 5.99. The van der Waals surface area contributed by atoms with Crippen molar-refractivity contribution in [1.29, 1.82) is 0 Å². The van der Waals surface area contributed by atoms with Crippen LogP contribution in [0.15, 0.2) is 54.6 Å². The maximum Gasteiger partial charge on any atom is 0.229 e. The minimum absolute atomic E-state index is 0.0320.